The first-order valence-corrected chi connectivity index (χ1v) is 5.67. The standard InChI is InChI=1S/C13H10ClN3/c1-17-11-7-12(14)15-8-10(11)16-13(17)9-5-3-2-4-6-9/h2-8H,1H3. The zero-order valence-corrected chi connectivity index (χ0v) is 10.0. The van der Waals surface area contributed by atoms with E-state index < -0.39 is 0 Å². The van der Waals surface area contributed by atoms with Gasteiger partial charge in [-0.1, -0.05) is 41.9 Å². The Labute approximate surface area is 104 Å². The molecule has 0 radical (unpaired) electrons. The predicted octanol–water partition coefficient (Wildman–Crippen LogP) is 3.29. The van der Waals surface area contributed by atoms with Gasteiger partial charge in [-0.3, -0.25) is 0 Å². The lowest BCUT2D eigenvalue weighted by atomic mass is 10.2. The van der Waals surface area contributed by atoms with Crippen LogP contribution in [-0.2, 0) is 7.05 Å². The van der Waals surface area contributed by atoms with Gasteiger partial charge in [-0.15, -0.1) is 0 Å². The van der Waals surface area contributed by atoms with Crippen LogP contribution >= 0.6 is 11.6 Å². The number of benzene rings is 1. The number of aryl methyl sites for hydroxylation is 1. The molecule has 0 fully saturated rings. The summed E-state index contributed by atoms with van der Waals surface area (Å²) in [5.41, 5.74) is 2.93. The molecule has 84 valence electrons. The molecule has 0 unspecified atom stereocenters. The molecule has 17 heavy (non-hydrogen) atoms. The number of pyridine rings is 1. The van der Waals surface area contributed by atoms with Gasteiger partial charge in [0.15, 0.2) is 0 Å². The number of nitrogens with zero attached hydrogens (tertiary/aromatic N) is 3. The lowest BCUT2D eigenvalue weighted by Crippen LogP contribution is -1.92. The average Bonchev–Trinajstić information content (AvgIpc) is 2.68. The summed E-state index contributed by atoms with van der Waals surface area (Å²) in [6.45, 7) is 0. The molecule has 3 nitrogen and oxygen atoms in total. The molecule has 0 saturated carbocycles. The lowest BCUT2D eigenvalue weighted by molar-refractivity contribution is 0.959. The van der Waals surface area contributed by atoms with Crippen molar-refractivity contribution in [3.05, 3.63) is 47.7 Å². The Kier molecular flexibility index (Phi) is 2.34. The predicted molar refractivity (Wildman–Crippen MR) is 69.0 cm³/mol. The third-order valence-corrected chi connectivity index (χ3v) is 2.97. The molecule has 3 aromatic rings. The molecule has 0 N–H and O–H groups in total. The maximum Gasteiger partial charge on any atom is 0.140 e. The van der Waals surface area contributed by atoms with E-state index in [1.807, 2.05) is 48.0 Å². The molecule has 1 aromatic carbocycles. The van der Waals surface area contributed by atoms with E-state index in [4.69, 9.17) is 11.6 Å². The molecule has 0 aliphatic carbocycles. The molecular formula is C13H10ClN3. The molecule has 0 aliphatic heterocycles. The molecule has 2 heterocycles. The summed E-state index contributed by atoms with van der Waals surface area (Å²) in [5, 5.41) is 0.486. The van der Waals surface area contributed by atoms with Gasteiger partial charge in [-0.05, 0) is 0 Å². The molecule has 2 aromatic heterocycles. The van der Waals surface area contributed by atoms with Crippen LogP contribution in [-0.4, -0.2) is 14.5 Å². The molecule has 0 bridgehead atoms. The smallest absolute Gasteiger partial charge is 0.140 e. The topological polar surface area (TPSA) is 30.7 Å². The van der Waals surface area contributed by atoms with Gasteiger partial charge in [-0.25, -0.2) is 9.97 Å². The van der Waals surface area contributed by atoms with Crippen LogP contribution < -0.4 is 0 Å². The quantitative estimate of drug-likeness (QED) is 0.614. The molecule has 0 amide bonds. The summed E-state index contributed by atoms with van der Waals surface area (Å²) >= 11 is 5.89. The minimum atomic E-state index is 0.486. The van der Waals surface area contributed by atoms with Gasteiger partial charge >= 0.3 is 0 Å². The maximum atomic E-state index is 5.89. The van der Waals surface area contributed by atoms with Crippen molar-refractivity contribution in [1.29, 1.82) is 0 Å². The zero-order valence-electron chi connectivity index (χ0n) is 9.26. The molecule has 0 spiro atoms. The normalized spacial score (nSPS) is 10.9. The van der Waals surface area contributed by atoms with Crippen LogP contribution in [0.1, 0.15) is 0 Å². The second-order valence-electron chi connectivity index (χ2n) is 3.86. The van der Waals surface area contributed by atoms with E-state index in [2.05, 4.69) is 9.97 Å². The SMILES string of the molecule is Cn1c(-c2ccccc2)nc2cnc(Cl)cc21. The summed E-state index contributed by atoms with van der Waals surface area (Å²) in [5.74, 6) is 0.921. The summed E-state index contributed by atoms with van der Waals surface area (Å²) in [6.07, 6.45) is 1.70. The Morgan fingerprint density at radius 1 is 1.18 bits per heavy atom. The summed E-state index contributed by atoms with van der Waals surface area (Å²) in [6, 6.07) is 11.9. The third kappa shape index (κ3) is 1.68. The Hall–Kier alpha value is -1.87. The van der Waals surface area contributed by atoms with Gasteiger partial charge in [0, 0.05) is 18.7 Å². The lowest BCUT2D eigenvalue weighted by Gasteiger charge is -2.01. The molecule has 4 heteroatoms. The van der Waals surface area contributed by atoms with Crippen molar-refractivity contribution in [3.63, 3.8) is 0 Å². The van der Waals surface area contributed by atoms with Crippen molar-refractivity contribution < 1.29 is 0 Å². The second-order valence-corrected chi connectivity index (χ2v) is 4.24. The fourth-order valence-corrected chi connectivity index (χ4v) is 2.07. The Morgan fingerprint density at radius 3 is 2.71 bits per heavy atom. The van der Waals surface area contributed by atoms with Crippen molar-refractivity contribution in [2.75, 3.05) is 0 Å². The van der Waals surface area contributed by atoms with Crippen molar-refractivity contribution in [3.8, 4) is 11.4 Å². The number of halogens is 1. The number of rotatable bonds is 1. The van der Waals surface area contributed by atoms with E-state index in [1.54, 1.807) is 6.20 Å². The number of aromatic nitrogens is 3. The van der Waals surface area contributed by atoms with Crippen LogP contribution in [0.5, 0.6) is 0 Å². The van der Waals surface area contributed by atoms with E-state index in [0.717, 1.165) is 22.4 Å². The molecule has 0 aliphatic rings. The van der Waals surface area contributed by atoms with Crippen molar-refractivity contribution in [1.82, 2.24) is 14.5 Å². The highest BCUT2D eigenvalue weighted by molar-refractivity contribution is 6.29. The maximum absolute atomic E-state index is 5.89. The number of hydrogen-bond acceptors (Lipinski definition) is 2. The van der Waals surface area contributed by atoms with Gasteiger partial charge in [0.25, 0.3) is 0 Å². The summed E-state index contributed by atoms with van der Waals surface area (Å²) < 4.78 is 2.03. The van der Waals surface area contributed by atoms with Gasteiger partial charge in [-0.2, -0.15) is 0 Å². The van der Waals surface area contributed by atoms with Crippen LogP contribution in [0, 0.1) is 0 Å². The monoisotopic (exact) mass is 243 g/mol. The number of imidazole rings is 1. The molecule has 0 saturated heterocycles. The van der Waals surface area contributed by atoms with Crippen LogP contribution in [0.15, 0.2) is 42.6 Å². The van der Waals surface area contributed by atoms with E-state index in [1.165, 1.54) is 0 Å². The minimum Gasteiger partial charge on any atom is -0.327 e. The molecule has 3 rings (SSSR count). The third-order valence-electron chi connectivity index (χ3n) is 2.77. The molecule has 0 atom stereocenters. The fourth-order valence-electron chi connectivity index (χ4n) is 1.92. The van der Waals surface area contributed by atoms with Crippen LogP contribution in [0.25, 0.3) is 22.4 Å². The van der Waals surface area contributed by atoms with Crippen LogP contribution in [0.3, 0.4) is 0 Å². The first-order chi connectivity index (χ1) is 8.25. The number of fused-ring (bicyclic) bond motifs is 1. The first-order valence-electron chi connectivity index (χ1n) is 5.29. The fraction of sp³-hybridized carbons (Fsp3) is 0.0769. The largest absolute Gasteiger partial charge is 0.327 e. The van der Waals surface area contributed by atoms with Gasteiger partial charge in [0.05, 0.1) is 11.7 Å². The van der Waals surface area contributed by atoms with Crippen molar-refractivity contribution >= 4 is 22.6 Å². The highest BCUT2D eigenvalue weighted by Crippen LogP contribution is 2.24. The van der Waals surface area contributed by atoms with Crippen LogP contribution in [0.4, 0.5) is 0 Å². The summed E-state index contributed by atoms with van der Waals surface area (Å²) in [4.78, 5) is 8.61. The van der Waals surface area contributed by atoms with Gasteiger partial charge in [0.1, 0.15) is 16.5 Å². The molecular weight excluding hydrogens is 234 g/mol. The highest BCUT2D eigenvalue weighted by Gasteiger charge is 2.09. The second kappa shape index (κ2) is 3.86. The van der Waals surface area contributed by atoms with Gasteiger partial charge in [0.2, 0.25) is 0 Å². The van der Waals surface area contributed by atoms with E-state index >= 15 is 0 Å². The van der Waals surface area contributed by atoms with E-state index in [0.29, 0.717) is 5.15 Å². The van der Waals surface area contributed by atoms with Gasteiger partial charge < -0.3 is 4.57 Å². The van der Waals surface area contributed by atoms with E-state index in [-0.39, 0.29) is 0 Å². The van der Waals surface area contributed by atoms with Crippen molar-refractivity contribution in [2.24, 2.45) is 7.05 Å². The van der Waals surface area contributed by atoms with E-state index in [9.17, 15) is 0 Å². The highest BCUT2D eigenvalue weighted by atomic mass is 35.5. The Morgan fingerprint density at radius 2 is 1.94 bits per heavy atom. The zero-order chi connectivity index (χ0) is 11.8. The Balaban J connectivity index is 2.28. The minimum absolute atomic E-state index is 0.486. The summed E-state index contributed by atoms with van der Waals surface area (Å²) in [7, 11) is 1.98. The van der Waals surface area contributed by atoms with Crippen molar-refractivity contribution in [2.45, 2.75) is 0 Å². The average molecular weight is 244 g/mol. The Bertz CT molecular complexity index is 674. The number of hydrogen-bond donors (Lipinski definition) is 0. The van der Waals surface area contributed by atoms with Crippen LogP contribution in [0.2, 0.25) is 5.15 Å². The first kappa shape index (κ1) is 10.3.